The van der Waals surface area contributed by atoms with Crippen LogP contribution in [0.3, 0.4) is 0 Å². The molecule has 1 unspecified atom stereocenters. The molecule has 2 rings (SSSR count). The number of nitrogens with zero attached hydrogens (tertiary/aromatic N) is 6. The van der Waals surface area contributed by atoms with Gasteiger partial charge in [-0.2, -0.15) is 4.80 Å². The van der Waals surface area contributed by atoms with E-state index in [1.165, 1.54) is 16.3 Å². The summed E-state index contributed by atoms with van der Waals surface area (Å²) in [4.78, 5) is 1.36. The summed E-state index contributed by atoms with van der Waals surface area (Å²) in [6.45, 7) is 0. The molecule has 0 saturated carbocycles. The molecular formula is C5H7N7S. The maximum absolute atomic E-state index is 5.80. The molecule has 13 heavy (non-hydrogen) atoms. The van der Waals surface area contributed by atoms with Gasteiger partial charge in [-0.1, -0.05) is 4.49 Å². The van der Waals surface area contributed by atoms with Crippen LogP contribution in [0.4, 0.5) is 0 Å². The Morgan fingerprint density at radius 3 is 2.92 bits per heavy atom. The Bertz CT molecular complexity index is 379. The Labute approximate surface area is 77.7 Å². The zero-order valence-electron chi connectivity index (χ0n) is 6.82. The fourth-order valence-corrected chi connectivity index (χ4v) is 1.35. The minimum atomic E-state index is -0.438. The van der Waals surface area contributed by atoms with Crippen molar-refractivity contribution >= 4 is 11.5 Å². The molecule has 0 bridgehead atoms. The second-order valence-corrected chi connectivity index (χ2v) is 3.05. The monoisotopic (exact) mass is 197 g/mol. The summed E-state index contributed by atoms with van der Waals surface area (Å²) in [5, 5.41) is 17.0. The number of hydrogen-bond donors (Lipinski definition) is 1. The zero-order valence-corrected chi connectivity index (χ0v) is 7.64. The van der Waals surface area contributed by atoms with Crippen LogP contribution in [0.25, 0.3) is 0 Å². The summed E-state index contributed by atoms with van der Waals surface area (Å²) in [5.74, 6) is 0.454. The summed E-state index contributed by atoms with van der Waals surface area (Å²) in [6.07, 6.45) is 0. The van der Waals surface area contributed by atoms with Gasteiger partial charge in [-0.3, -0.25) is 0 Å². The van der Waals surface area contributed by atoms with Crippen molar-refractivity contribution in [1.82, 2.24) is 29.8 Å². The summed E-state index contributed by atoms with van der Waals surface area (Å²) < 4.78 is 3.70. The van der Waals surface area contributed by atoms with Crippen LogP contribution in [-0.4, -0.2) is 29.8 Å². The number of aromatic nitrogens is 6. The van der Waals surface area contributed by atoms with Crippen LogP contribution in [0.1, 0.15) is 17.6 Å². The Kier molecular flexibility index (Phi) is 1.99. The van der Waals surface area contributed by atoms with Crippen LogP contribution in [0, 0.1) is 0 Å². The fraction of sp³-hybridized carbons (Fsp3) is 0.400. The lowest BCUT2D eigenvalue weighted by molar-refractivity contribution is 0.624. The first-order valence-electron chi connectivity index (χ1n) is 3.54. The van der Waals surface area contributed by atoms with Crippen LogP contribution in [0.2, 0.25) is 0 Å². The molecule has 2 heterocycles. The number of rotatable bonds is 2. The lowest BCUT2D eigenvalue weighted by atomic mass is 10.2. The lowest BCUT2D eigenvalue weighted by Crippen LogP contribution is -2.14. The molecule has 0 spiro atoms. The minimum Gasteiger partial charge on any atom is -0.316 e. The van der Waals surface area contributed by atoms with Crippen molar-refractivity contribution in [3.05, 3.63) is 16.9 Å². The van der Waals surface area contributed by atoms with Gasteiger partial charge in [0.1, 0.15) is 11.7 Å². The SMILES string of the molecule is Cn1nnc(C(N)c2csnn2)n1. The molecule has 8 heteroatoms. The lowest BCUT2D eigenvalue weighted by Gasteiger charge is -1.99. The molecule has 0 radical (unpaired) electrons. The van der Waals surface area contributed by atoms with Crippen LogP contribution < -0.4 is 5.73 Å². The predicted octanol–water partition coefficient (Wildman–Crippen LogP) is -0.890. The molecule has 0 aliphatic heterocycles. The van der Waals surface area contributed by atoms with Crippen LogP contribution in [0.15, 0.2) is 5.38 Å². The van der Waals surface area contributed by atoms with Gasteiger partial charge in [-0.05, 0) is 16.7 Å². The Hall–Kier alpha value is -1.41. The van der Waals surface area contributed by atoms with Crippen LogP contribution >= 0.6 is 11.5 Å². The predicted molar refractivity (Wildman–Crippen MR) is 44.7 cm³/mol. The second kappa shape index (κ2) is 3.15. The molecule has 2 N–H and O–H groups in total. The number of aryl methyl sites for hydroxylation is 1. The van der Waals surface area contributed by atoms with Crippen LogP contribution in [0.5, 0.6) is 0 Å². The van der Waals surface area contributed by atoms with Crippen molar-refractivity contribution in [1.29, 1.82) is 0 Å². The quantitative estimate of drug-likeness (QED) is 0.671. The van der Waals surface area contributed by atoms with E-state index >= 15 is 0 Å². The summed E-state index contributed by atoms with van der Waals surface area (Å²) in [7, 11) is 1.68. The van der Waals surface area contributed by atoms with Crippen molar-refractivity contribution in [2.24, 2.45) is 12.8 Å². The molecule has 0 amide bonds. The molecular weight excluding hydrogens is 190 g/mol. The maximum atomic E-state index is 5.80. The van der Waals surface area contributed by atoms with Crippen molar-refractivity contribution in [3.8, 4) is 0 Å². The molecule has 68 valence electrons. The zero-order chi connectivity index (χ0) is 9.26. The standard InChI is InChI=1S/C5H7N7S/c1-12-9-5(8-10-12)4(6)3-2-13-11-7-3/h2,4H,6H2,1H3. The van der Waals surface area contributed by atoms with Gasteiger partial charge < -0.3 is 5.73 Å². The molecule has 0 aliphatic carbocycles. The van der Waals surface area contributed by atoms with E-state index < -0.39 is 6.04 Å². The van der Waals surface area contributed by atoms with E-state index in [4.69, 9.17) is 5.73 Å². The number of hydrogen-bond acceptors (Lipinski definition) is 7. The average Bonchev–Trinajstić information content (AvgIpc) is 2.72. The van der Waals surface area contributed by atoms with E-state index in [0.29, 0.717) is 11.5 Å². The van der Waals surface area contributed by atoms with E-state index in [1.807, 2.05) is 0 Å². The minimum absolute atomic E-state index is 0.438. The van der Waals surface area contributed by atoms with Crippen molar-refractivity contribution in [2.75, 3.05) is 0 Å². The summed E-state index contributed by atoms with van der Waals surface area (Å²) >= 11 is 1.25. The third-order valence-electron chi connectivity index (χ3n) is 1.50. The van der Waals surface area contributed by atoms with Gasteiger partial charge >= 0.3 is 0 Å². The van der Waals surface area contributed by atoms with Crippen LogP contribution in [-0.2, 0) is 7.05 Å². The first-order valence-corrected chi connectivity index (χ1v) is 4.37. The highest BCUT2D eigenvalue weighted by atomic mass is 32.1. The molecule has 0 aliphatic rings. The highest BCUT2D eigenvalue weighted by Gasteiger charge is 2.16. The second-order valence-electron chi connectivity index (χ2n) is 2.44. The smallest absolute Gasteiger partial charge is 0.197 e. The molecule has 0 fully saturated rings. The van der Waals surface area contributed by atoms with Gasteiger partial charge in [0.2, 0.25) is 0 Å². The summed E-state index contributed by atoms with van der Waals surface area (Å²) in [6, 6.07) is -0.438. The molecule has 2 aromatic heterocycles. The molecule has 2 aromatic rings. The van der Waals surface area contributed by atoms with Crippen molar-refractivity contribution in [2.45, 2.75) is 6.04 Å². The largest absolute Gasteiger partial charge is 0.316 e. The average molecular weight is 197 g/mol. The van der Waals surface area contributed by atoms with E-state index in [1.54, 1.807) is 12.4 Å². The van der Waals surface area contributed by atoms with Gasteiger partial charge in [-0.15, -0.1) is 15.3 Å². The normalized spacial score (nSPS) is 13.1. The first-order chi connectivity index (χ1) is 6.27. The Morgan fingerprint density at radius 2 is 2.38 bits per heavy atom. The highest BCUT2D eigenvalue weighted by molar-refractivity contribution is 7.03. The number of nitrogens with two attached hydrogens (primary N) is 1. The topological polar surface area (TPSA) is 95.4 Å². The summed E-state index contributed by atoms with van der Waals surface area (Å²) in [5.41, 5.74) is 6.46. The third kappa shape index (κ3) is 1.53. The first kappa shape index (κ1) is 8.20. The third-order valence-corrected chi connectivity index (χ3v) is 2.02. The Morgan fingerprint density at radius 1 is 1.54 bits per heavy atom. The molecule has 0 aromatic carbocycles. The van der Waals surface area contributed by atoms with E-state index in [9.17, 15) is 0 Å². The van der Waals surface area contributed by atoms with Gasteiger partial charge in [-0.25, -0.2) is 0 Å². The van der Waals surface area contributed by atoms with E-state index in [-0.39, 0.29) is 0 Å². The number of tetrazole rings is 1. The van der Waals surface area contributed by atoms with Crippen molar-refractivity contribution < 1.29 is 0 Å². The van der Waals surface area contributed by atoms with E-state index in [0.717, 1.165) is 0 Å². The molecule has 1 atom stereocenters. The van der Waals surface area contributed by atoms with Gasteiger partial charge in [0.25, 0.3) is 0 Å². The molecule has 0 saturated heterocycles. The molecule has 7 nitrogen and oxygen atoms in total. The van der Waals surface area contributed by atoms with E-state index in [2.05, 4.69) is 25.0 Å². The van der Waals surface area contributed by atoms with Crippen molar-refractivity contribution in [3.63, 3.8) is 0 Å². The Balaban J connectivity index is 2.28. The maximum Gasteiger partial charge on any atom is 0.197 e. The van der Waals surface area contributed by atoms with Gasteiger partial charge in [0, 0.05) is 5.38 Å². The van der Waals surface area contributed by atoms with Gasteiger partial charge in [0.05, 0.1) is 7.05 Å². The highest BCUT2D eigenvalue weighted by Crippen LogP contribution is 2.12. The van der Waals surface area contributed by atoms with Gasteiger partial charge in [0.15, 0.2) is 5.82 Å². The fourth-order valence-electron chi connectivity index (χ4n) is 0.863.